The van der Waals surface area contributed by atoms with Crippen LogP contribution in [0.3, 0.4) is 0 Å². The van der Waals surface area contributed by atoms with Gasteiger partial charge >= 0.3 is 0 Å². The second-order valence-corrected chi connectivity index (χ2v) is 5.10. The molecule has 0 saturated carbocycles. The van der Waals surface area contributed by atoms with E-state index in [2.05, 4.69) is 17.6 Å². The summed E-state index contributed by atoms with van der Waals surface area (Å²) in [5, 5.41) is 0. The van der Waals surface area contributed by atoms with Crippen molar-refractivity contribution >= 4 is 0 Å². The monoisotopic (exact) mass is 248 g/mol. The van der Waals surface area contributed by atoms with Crippen molar-refractivity contribution in [1.29, 1.82) is 0 Å². The summed E-state index contributed by atoms with van der Waals surface area (Å²) in [5.74, 6) is 7.73. The van der Waals surface area contributed by atoms with Crippen LogP contribution >= 0.6 is 0 Å². The number of ether oxygens (including phenoxy) is 2. The molecular weight excluding hydrogens is 228 g/mol. The van der Waals surface area contributed by atoms with Crippen LogP contribution < -0.4 is 16.0 Å². The summed E-state index contributed by atoms with van der Waals surface area (Å²) in [6.07, 6.45) is 2.15. The van der Waals surface area contributed by atoms with Crippen LogP contribution in [0.5, 0.6) is 5.75 Å². The third-order valence-electron chi connectivity index (χ3n) is 4.14. The zero-order chi connectivity index (χ0) is 12.4. The summed E-state index contributed by atoms with van der Waals surface area (Å²) in [6, 6.07) is 8.54. The summed E-state index contributed by atoms with van der Waals surface area (Å²) in [4.78, 5) is 0. The van der Waals surface area contributed by atoms with Gasteiger partial charge in [0, 0.05) is 30.7 Å². The van der Waals surface area contributed by atoms with Crippen molar-refractivity contribution in [2.75, 3.05) is 19.8 Å². The SMILES string of the molecule is NNC(C1CCOCC1)C1COc2ccccc21. The van der Waals surface area contributed by atoms with Gasteiger partial charge in [-0.1, -0.05) is 18.2 Å². The van der Waals surface area contributed by atoms with Gasteiger partial charge in [-0.05, 0) is 24.8 Å². The van der Waals surface area contributed by atoms with Gasteiger partial charge in [-0.3, -0.25) is 11.3 Å². The third-order valence-corrected chi connectivity index (χ3v) is 4.14. The quantitative estimate of drug-likeness (QED) is 0.627. The number of benzene rings is 1. The molecule has 0 bridgehead atoms. The van der Waals surface area contributed by atoms with Gasteiger partial charge in [-0.25, -0.2) is 0 Å². The summed E-state index contributed by atoms with van der Waals surface area (Å²) >= 11 is 0. The Morgan fingerprint density at radius 1 is 1.22 bits per heavy atom. The highest BCUT2D eigenvalue weighted by molar-refractivity contribution is 5.40. The molecule has 1 aromatic rings. The van der Waals surface area contributed by atoms with E-state index in [1.165, 1.54) is 5.56 Å². The number of hydrogen-bond donors (Lipinski definition) is 2. The highest BCUT2D eigenvalue weighted by Crippen LogP contribution is 2.39. The van der Waals surface area contributed by atoms with E-state index in [1.54, 1.807) is 0 Å². The fourth-order valence-corrected chi connectivity index (χ4v) is 3.14. The minimum absolute atomic E-state index is 0.276. The first kappa shape index (κ1) is 12.0. The normalized spacial score (nSPS) is 25.5. The Bertz CT molecular complexity index is 405. The Hall–Kier alpha value is -1.10. The maximum Gasteiger partial charge on any atom is 0.122 e. The van der Waals surface area contributed by atoms with Crippen LogP contribution in [0.15, 0.2) is 24.3 Å². The predicted octanol–water partition coefficient (Wildman–Crippen LogP) is 1.42. The molecule has 2 aliphatic rings. The van der Waals surface area contributed by atoms with Gasteiger partial charge in [0.1, 0.15) is 5.75 Å². The van der Waals surface area contributed by atoms with E-state index >= 15 is 0 Å². The standard InChI is InChI=1S/C14H20N2O2/c15-16-14(10-5-7-17-8-6-10)12-9-18-13-4-2-1-3-11(12)13/h1-4,10,12,14,16H,5-9,15H2. The fourth-order valence-electron chi connectivity index (χ4n) is 3.14. The molecule has 0 amide bonds. The molecule has 4 nitrogen and oxygen atoms in total. The van der Waals surface area contributed by atoms with Gasteiger partial charge in [0.05, 0.1) is 6.61 Å². The van der Waals surface area contributed by atoms with Crippen LogP contribution in [0.25, 0.3) is 0 Å². The number of para-hydroxylation sites is 1. The second-order valence-electron chi connectivity index (χ2n) is 5.10. The average molecular weight is 248 g/mol. The molecule has 4 heteroatoms. The Morgan fingerprint density at radius 2 is 2.00 bits per heavy atom. The molecule has 3 N–H and O–H groups in total. The minimum atomic E-state index is 0.276. The lowest BCUT2D eigenvalue weighted by Gasteiger charge is -2.33. The molecule has 3 rings (SSSR count). The van der Waals surface area contributed by atoms with E-state index in [4.69, 9.17) is 15.3 Å². The van der Waals surface area contributed by atoms with Gasteiger partial charge in [-0.2, -0.15) is 0 Å². The molecule has 2 aliphatic heterocycles. The highest BCUT2D eigenvalue weighted by Gasteiger charge is 2.35. The molecule has 1 saturated heterocycles. The van der Waals surface area contributed by atoms with E-state index in [-0.39, 0.29) is 6.04 Å². The molecule has 0 spiro atoms. The van der Waals surface area contributed by atoms with Crippen molar-refractivity contribution in [1.82, 2.24) is 5.43 Å². The lowest BCUT2D eigenvalue weighted by atomic mass is 9.81. The maximum atomic E-state index is 5.79. The first-order valence-corrected chi connectivity index (χ1v) is 6.65. The summed E-state index contributed by atoms with van der Waals surface area (Å²) < 4.78 is 11.2. The topological polar surface area (TPSA) is 56.5 Å². The van der Waals surface area contributed by atoms with Crippen molar-refractivity contribution in [2.24, 2.45) is 11.8 Å². The molecule has 2 atom stereocenters. The van der Waals surface area contributed by atoms with Crippen molar-refractivity contribution in [3.8, 4) is 5.75 Å². The van der Waals surface area contributed by atoms with E-state index in [1.807, 2.05) is 12.1 Å². The molecule has 1 aromatic carbocycles. The largest absolute Gasteiger partial charge is 0.493 e. The lowest BCUT2D eigenvalue weighted by Crippen LogP contribution is -2.47. The number of nitrogens with two attached hydrogens (primary N) is 1. The van der Waals surface area contributed by atoms with Crippen molar-refractivity contribution < 1.29 is 9.47 Å². The Morgan fingerprint density at radius 3 is 2.78 bits per heavy atom. The number of hydrogen-bond acceptors (Lipinski definition) is 4. The number of rotatable bonds is 3. The van der Waals surface area contributed by atoms with Crippen LogP contribution in [0, 0.1) is 5.92 Å². The average Bonchev–Trinajstić information content (AvgIpc) is 2.85. The molecule has 0 radical (unpaired) electrons. The van der Waals surface area contributed by atoms with Crippen LogP contribution in [-0.4, -0.2) is 25.9 Å². The Labute approximate surface area is 107 Å². The third kappa shape index (κ3) is 2.11. The molecule has 2 heterocycles. The van der Waals surface area contributed by atoms with Crippen LogP contribution in [0.2, 0.25) is 0 Å². The highest BCUT2D eigenvalue weighted by atomic mass is 16.5. The summed E-state index contributed by atoms with van der Waals surface area (Å²) in [5.41, 5.74) is 4.30. The first-order valence-electron chi connectivity index (χ1n) is 6.65. The van der Waals surface area contributed by atoms with E-state index in [0.717, 1.165) is 38.4 Å². The summed E-state index contributed by atoms with van der Waals surface area (Å²) in [6.45, 7) is 2.42. The molecule has 18 heavy (non-hydrogen) atoms. The van der Waals surface area contributed by atoms with Crippen LogP contribution in [0.4, 0.5) is 0 Å². The molecule has 0 aliphatic carbocycles. The van der Waals surface area contributed by atoms with Crippen LogP contribution in [0.1, 0.15) is 24.3 Å². The number of hydrazine groups is 1. The van der Waals surface area contributed by atoms with Crippen LogP contribution in [-0.2, 0) is 4.74 Å². The number of nitrogens with one attached hydrogen (secondary N) is 1. The summed E-state index contributed by atoms with van der Waals surface area (Å²) in [7, 11) is 0. The number of fused-ring (bicyclic) bond motifs is 1. The molecule has 2 unspecified atom stereocenters. The van der Waals surface area contributed by atoms with Gasteiger partial charge in [0.15, 0.2) is 0 Å². The zero-order valence-corrected chi connectivity index (χ0v) is 10.5. The van der Waals surface area contributed by atoms with Crippen molar-refractivity contribution in [3.63, 3.8) is 0 Å². The smallest absolute Gasteiger partial charge is 0.122 e. The molecule has 98 valence electrons. The molecular formula is C14H20N2O2. The van der Waals surface area contributed by atoms with Gasteiger partial charge in [0.25, 0.3) is 0 Å². The van der Waals surface area contributed by atoms with Crippen molar-refractivity contribution in [2.45, 2.75) is 24.8 Å². The second kappa shape index (κ2) is 5.26. The van der Waals surface area contributed by atoms with Gasteiger partial charge < -0.3 is 9.47 Å². The predicted molar refractivity (Wildman–Crippen MR) is 69.3 cm³/mol. The molecule has 0 aromatic heterocycles. The lowest BCUT2D eigenvalue weighted by molar-refractivity contribution is 0.0485. The van der Waals surface area contributed by atoms with Crippen molar-refractivity contribution in [3.05, 3.63) is 29.8 Å². The molecule has 1 fully saturated rings. The fraction of sp³-hybridized carbons (Fsp3) is 0.571. The van der Waals surface area contributed by atoms with Gasteiger partial charge in [-0.15, -0.1) is 0 Å². The van der Waals surface area contributed by atoms with Gasteiger partial charge in [0.2, 0.25) is 0 Å². The van der Waals surface area contributed by atoms with E-state index in [9.17, 15) is 0 Å². The zero-order valence-electron chi connectivity index (χ0n) is 10.5. The Kier molecular flexibility index (Phi) is 3.50. The maximum absolute atomic E-state index is 5.79. The van der Waals surface area contributed by atoms with E-state index < -0.39 is 0 Å². The van der Waals surface area contributed by atoms with E-state index in [0.29, 0.717) is 11.8 Å². The Balaban J connectivity index is 1.80. The minimum Gasteiger partial charge on any atom is -0.493 e. The first-order chi connectivity index (χ1) is 8.90.